The molecule has 2 rings (SSSR count). The first-order chi connectivity index (χ1) is 11.2. The van der Waals surface area contributed by atoms with E-state index in [1.165, 1.54) is 37.8 Å². The molecule has 0 aromatic heterocycles. The second kappa shape index (κ2) is 8.91. The van der Waals surface area contributed by atoms with Gasteiger partial charge in [-0.05, 0) is 50.2 Å². The molecule has 0 aliphatic heterocycles. The van der Waals surface area contributed by atoms with Crippen LogP contribution in [0.3, 0.4) is 0 Å². The standard InChI is InChI=1S/C20H26F2O/c1-3-5-15-6-8-16(9-7-15)10-11-17-12-13-18(23-14-4-2)20(22)19(17)21/h12-13,15-16H,3-9,14H2,1-2H3/t15-,16-. The van der Waals surface area contributed by atoms with Gasteiger partial charge in [0, 0.05) is 5.92 Å². The van der Waals surface area contributed by atoms with E-state index in [0.29, 0.717) is 12.5 Å². The predicted octanol–water partition coefficient (Wildman–Crippen LogP) is 5.71. The van der Waals surface area contributed by atoms with Crippen LogP contribution < -0.4 is 4.74 Å². The summed E-state index contributed by atoms with van der Waals surface area (Å²) in [7, 11) is 0. The predicted molar refractivity (Wildman–Crippen MR) is 89.4 cm³/mol. The minimum atomic E-state index is -0.933. The summed E-state index contributed by atoms with van der Waals surface area (Å²) in [6.45, 7) is 4.52. The third-order valence-electron chi connectivity index (χ3n) is 4.46. The van der Waals surface area contributed by atoms with Gasteiger partial charge in [-0.3, -0.25) is 0 Å². The summed E-state index contributed by atoms with van der Waals surface area (Å²) in [5, 5.41) is 0. The number of rotatable bonds is 5. The van der Waals surface area contributed by atoms with E-state index in [-0.39, 0.29) is 11.3 Å². The first-order valence-corrected chi connectivity index (χ1v) is 8.78. The summed E-state index contributed by atoms with van der Waals surface area (Å²) in [6.07, 6.45) is 7.82. The quantitative estimate of drug-likeness (QED) is 0.631. The zero-order valence-electron chi connectivity index (χ0n) is 14.1. The molecule has 1 saturated carbocycles. The van der Waals surface area contributed by atoms with E-state index < -0.39 is 11.6 Å². The van der Waals surface area contributed by atoms with Gasteiger partial charge in [0.1, 0.15) is 0 Å². The summed E-state index contributed by atoms with van der Waals surface area (Å²) in [5.74, 6) is 5.23. The van der Waals surface area contributed by atoms with Crippen LogP contribution in [-0.4, -0.2) is 6.61 Å². The van der Waals surface area contributed by atoms with Crippen LogP contribution in [0.15, 0.2) is 12.1 Å². The molecule has 1 fully saturated rings. The lowest BCUT2D eigenvalue weighted by Crippen LogP contribution is -2.13. The maximum Gasteiger partial charge on any atom is 0.201 e. The van der Waals surface area contributed by atoms with E-state index >= 15 is 0 Å². The minimum Gasteiger partial charge on any atom is -0.490 e. The van der Waals surface area contributed by atoms with Crippen LogP contribution in [0.1, 0.15) is 64.4 Å². The average molecular weight is 320 g/mol. The van der Waals surface area contributed by atoms with Gasteiger partial charge < -0.3 is 4.74 Å². The van der Waals surface area contributed by atoms with Gasteiger partial charge in [0.2, 0.25) is 5.82 Å². The Labute approximate surface area is 138 Å². The molecule has 0 bridgehead atoms. The normalized spacial score (nSPS) is 20.7. The van der Waals surface area contributed by atoms with Crippen molar-refractivity contribution in [3.8, 4) is 17.6 Å². The molecule has 23 heavy (non-hydrogen) atoms. The second-order valence-corrected chi connectivity index (χ2v) is 6.36. The Balaban J connectivity index is 2.00. The maximum absolute atomic E-state index is 14.0. The zero-order chi connectivity index (χ0) is 16.7. The first-order valence-electron chi connectivity index (χ1n) is 8.78. The van der Waals surface area contributed by atoms with Crippen LogP contribution in [0.4, 0.5) is 8.78 Å². The lowest BCUT2D eigenvalue weighted by molar-refractivity contribution is 0.295. The highest BCUT2D eigenvalue weighted by molar-refractivity contribution is 5.41. The van der Waals surface area contributed by atoms with Gasteiger partial charge >= 0.3 is 0 Å². The van der Waals surface area contributed by atoms with Crippen molar-refractivity contribution < 1.29 is 13.5 Å². The number of hydrogen-bond donors (Lipinski definition) is 0. The van der Waals surface area contributed by atoms with Crippen molar-refractivity contribution in [3.05, 3.63) is 29.3 Å². The number of hydrogen-bond acceptors (Lipinski definition) is 1. The Hall–Kier alpha value is -1.56. The third kappa shape index (κ3) is 4.96. The SMILES string of the molecule is CCCOc1ccc(C#C[C@H]2CC[C@H](CCC)CC2)c(F)c1F. The minimum absolute atomic E-state index is 0.0324. The summed E-state index contributed by atoms with van der Waals surface area (Å²) in [4.78, 5) is 0. The van der Waals surface area contributed by atoms with Crippen molar-refractivity contribution in [1.29, 1.82) is 0 Å². The van der Waals surface area contributed by atoms with E-state index in [2.05, 4.69) is 18.8 Å². The van der Waals surface area contributed by atoms with Gasteiger partial charge in [-0.1, -0.05) is 38.5 Å². The molecule has 1 aliphatic carbocycles. The number of halogens is 2. The fourth-order valence-electron chi connectivity index (χ4n) is 3.14. The van der Waals surface area contributed by atoms with E-state index in [1.807, 2.05) is 6.92 Å². The summed E-state index contributed by atoms with van der Waals surface area (Å²) < 4.78 is 33.2. The fourth-order valence-corrected chi connectivity index (χ4v) is 3.14. The Morgan fingerprint density at radius 3 is 2.43 bits per heavy atom. The van der Waals surface area contributed by atoms with Gasteiger partial charge in [0.05, 0.1) is 12.2 Å². The van der Waals surface area contributed by atoms with Crippen LogP contribution in [0.25, 0.3) is 0 Å². The van der Waals surface area contributed by atoms with Crippen LogP contribution in [0.5, 0.6) is 5.75 Å². The zero-order valence-corrected chi connectivity index (χ0v) is 14.1. The molecular weight excluding hydrogens is 294 g/mol. The Morgan fingerprint density at radius 1 is 1.04 bits per heavy atom. The smallest absolute Gasteiger partial charge is 0.201 e. The molecule has 0 heterocycles. The Kier molecular flexibility index (Phi) is 6.89. The summed E-state index contributed by atoms with van der Waals surface area (Å²) in [6, 6.07) is 2.98. The highest BCUT2D eigenvalue weighted by Gasteiger charge is 2.19. The molecule has 0 amide bonds. The van der Waals surface area contributed by atoms with Crippen LogP contribution in [0.2, 0.25) is 0 Å². The monoisotopic (exact) mass is 320 g/mol. The summed E-state index contributed by atoms with van der Waals surface area (Å²) >= 11 is 0. The Bertz CT molecular complexity index is 563. The molecule has 1 aromatic rings. The van der Waals surface area contributed by atoms with Crippen molar-refractivity contribution >= 4 is 0 Å². The van der Waals surface area contributed by atoms with Crippen molar-refractivity contribution in [2.24, 2.45) is 11.8 Å². The van der Waals surface area contributed by atoms with Crippen LogP contribution >= 0.6 is 0 Å². The van der Waals surface area contributed by atoms with Gasteiger partial charge in [0.15, 0.2) is 11.6 Å². The lowest BCUT2D eigenvalue weighted by atomic mass is 9.80. The van der Waals surface area contributed by atoms with Gasteiger partial charge in [-0.25, -0.2) is 4.39 Å². The van der Waals surface area contributed by atoms with E-state index in [1.54, 1.807) is 0 Å². The van der Waals surface area contributed by atoms with E-state index in [0.717, 1.165) is 25.2 Å². The molecular formula is C20H26F2O. The summed E-state index contributed by atoms with van der Waals surface area (Å²) in [5.41, 5.74) is 0.127. The molecule has 0 radical (unpaired) electrons. The third-order valence-corrected chi connectivity index (χ3v) is 4.46. The van der Waals surface area contributed by atoms with Crippen molar-refractivity contribution in [2.75, 3.05) is 6.61 Å². The van der Waals surface area contributed by atoms with Crippen LogP contribution in [-0.2, 0) is 0 Å². The number of benzene rings is 1. The molecule has 0 unspecified atom stereocenters. The molecule has 1 nitrogen and oxygen atoms in total. The second-order valence-electron chi connectivity index (χ2n) is 6.36. The molecule has 0 spiro atoms. The molecule has 0 N–H and O–H groups in total. The van der Waals surface area contributed by atoms with Gasteiger partial charge in [-0.15, -0.1) is 0 Å². The highest BCUT2D eigenvalue weighted by atomic mass is 19.2. The van der Waals surface area contributed by atoms with E-state index in [9.17, 15) is 8.78 Å². The van der Waals surface area contributed by atoms with Gasteiger partial charge in [-0.2, -0.15) is 4.39 Å². The molecule has 0 atom stereocenters. The average Bonchev–Trinajstić information content (AvgIpc) is 2.57. The number of ether oxygens (including phenoxy) is 1. The highest BCUT2D eigenvalue weighted by Crippen LogP contribution is 2.31. The first kappa shape index (κ1) is 17.8. The Morgan fingerprint density at radius 2 is 1.78 bits per heavy atom. The largest absolute Gasteiger partial charge is 0.490 e. The molecule has 1 aliphatic rings. The van der Waals surface area contributed by atoms with Crippen molar-refractivity contribution in [1.82, 2.24) is 0 Å². The van der Waals surface area contributed by atoms with Crippen molar-refractivity contribution in [2.45, 2.75) is 58.8 Å². The molecule has 1 aromatic carbocycles. The lowest BCUT2D eigenvalue weighted by Gasteiger charge is -2.25. The van der Waals surface area contributed by atoms with Crippen molar-refractivity contribution in [3.63, 3.8) is 0 Å². The molecule has 3 heteroatoms. The van der Waals surface area contributed by atoms with E-state index in [4.69, 9.17) is 4.74 Å². The molecule has 126 valence electrons. The topological polar surface area (TPSA) is 9.23 Å². The maximum atomic E-state index is 14.0. The fraction of sp³-hybridized carbons (Fsp3) is 0.600. The molecule has 0 saturated heterocycles. The van der Waals surface area contributed by atoms with Crippen LogP contribution in [0, 0.1) is 35.3 Å². The van der Waals surface area contributed by atoms with Gasteiger partial charge in [0.25, 0.3) is 0 Å².